The standard InChI is InChI=1S/C17H25N3O2/c1-20(2)16(14-6-4-3-5-7-14)11-18-17(22)19-15-9-8-13(10-15)12-21/h3-9,13,15-16,21H,10-12H2,1-2H3,(H2,18,19,22)/t13-,15+,16?/m0/s1. The molecule has 0 radical (unpaired) electrons. The van der Waals surface area contributed by atoms with E-state index in [0.717, 1.165) is 6.42 Å². The number of hydrogen-bond acceptors (Lipinski definition) is 3. The summed E-state index contributed by atoms with van der Waals surface area (Å²) in [6.45, 7) is 0.676. The molecule has 1 unspecified atom stereocenters. The van der Waals surface area contributed by atoms with Crippen LogP contribution < -0.4 is 10.6 Å². The molecule has 1 aromatic rings. The Hall–Kier alpha value is -1.85. The third kappa shape index (κ3) is 4.58. The van der Waals surface area contributed by atoms with E-state index in [0.29, 0.717) is 6.54 Å². The third-order valence-electron chi connectivity index (χ3n) is 3.99. The van der Waals surface area contributed by atoms with Gasteiger partial charge in [-0.2, -0.15) is 0 Å². The molecule has 3 atom stereocenters. The van der Waals surface area contributed by atoms with E-state index in [1.807, 2.05) is 44.4 Å². The maximum Gasteiger partial charge on any atom is 0.315 e. The molecule has 0 saturated heterocycles. The fraction of sp³-hybridized carbons (Fsp3) is 0.471. The van der Waals surface area contributed by atoms with Gasteiger partial charge >= 0.3 is 6.03 Å². The van der Waals surface area contributed by atoms with Gasteiger partial charge < -0.3 is 20.6 Å². The largest absolute Gasteiger partial charge is 0.396 e. The lowest BCUT2D eigenvalue weighted by Crippen LogP contribution is -2.44. The van der Waals surface area contributed by atoms with Crippen LogP contribution in [0.4, 0.5) is 4.79 Å². The summed E-state index contributed by atoms with van der Waals surface area (Å²) in [6, 6.07) is 10.1. The molecule has 0 spiro atoms. The molecule has 0 bridgehead atoms. The number of nitrogens with one attached hydrogen (secondary N) is 2. The number of aliphatic hydroxyl groups is 1. The smallest absolute Gasteiger partial charge is 0.315 e. The maximum absolute atomic E-state index is 12.0. The van der Waals surface area contributed by atoms with Crippen LogP contribution in [0.3, 0.4) is 0 Å². The van der Waals surface area contributed by atoms with Gasteiger partial charge in [-0.25, -0.2) is 4.79 Å². The number of carbonyl (C=O) groups excluding carboxylic acids is 1. The van der Waals surface area contributed by atoms with Crippen LogP contribution in [0.5, 0.6) is 0 Å². The van der Waals surface area contributed by atoms with E-state index in [-0.39, 0.29) is 30.6 Å². The van der Waals surface area contributed by atoms with E-state index in [4.69, 9.17) is 5.11 Å². The Bertz CT molecular complexity index is 502. The van der Waals surface area contributed by atoms with Crippen LogP contribution in [-0.4, -0.2) is 49.3 Å². The first-order valence-corrected chi connectivity index (χ1v) is 7.65. The van der Waals surface area contributed by atoms with Crippen molar-refractivity contribution < 1.29 is 9.90 Å². The van der Waals surface area contributed by atoms with Crippen LogP contribution in [0.25, 0.3) is 0 Å². The lowest BCUT2D eigenvalue weighted by atomic mass is 10.1. The Kier molecular flexibility index (Phi) is 5.98. The molecule has 5 heteroatoms. The second-order valence-corrected chi connectivity index (χ2v) is 5.91. The van der Waals surface area contributed by atoms with Crippen LogP contribution in [0.15, 0.2) is 42.5 Å². The monoisotopic (exact) mass is 303 g/mol. The van der Waals surface area contributed by atoms with Gasteiger partial charge in [-0.05, 0) is 26.1 Å². The summed E-state index contributed by atoms with van der Waals surface area (Å²) in [7, 11) is 4.01. The van der Waals surface area contributed by atoms with Crippen LogP contribution in [0, 0.1) is 5.92 Å². The number of carbonyl (C=O) groups is 1. The van der Waals surface area contributed by atoms with Crippen molar-refractivity contribution in [3.63, 3.8) is 0 Å². The lowest BCUT2D eigenvalue weighted by Gasteiger charge is -2.25. The Balaban J connectivity index is 1.83. The molecule has 0 heterocycles. The summed E-state index contributed by atoms with van der Waals surface area (Å²) in [5.74, 6) is 0.157. The molecule has 22 heavy (non-hydrogen) atoms. The number of urea groups is 1. The molecule has 3 N–H and O–H groups in total. The van der Waals surface area contributed by atoms with E-state index < -0.39 is 0 Å². The summed E-state index contributed by atoms with van der Waals surface area (Å²) >= 11 is 0. The number of nitrogens with zero attached hydrogens (tertiary/aromatic N) is 1. The van der Waals surface area contributed by atoms with Gasteiger partial charge in [-0.3, -0.25) is 0 Å². The van der Waals surface area contributed by atoms with Gasteiger partial charge in [0.25, 0.3) is 0 Å². The summed E-state index contributed by atoms with van der Waals surface area (Å²) < 4.78 is 0. The van der Waals surface area contributed by atoms with Crippen molar-refractivity contribution in [2.45, 2.75) is 18.5 Å². The van der Waals surface area contributed by atoms with E-state index in [1.165, 1.54) is 5.56 Å². The summed E-state index contributed by atoms with van der Waals surface area (Å²) in [5, 5.41) is 15.0. The quantitative estimate of drug-likeness (QED) is 0.698. The minimum atomic E-state index is -0.170. The number of hydrogen-bond donors (Lipinski definition) is 3. The van der Waals surface area contributed by atoms with Gasteiger partial charge in [0, 0.05) is 25.1 Å². The molecule has 0 fully saturated rings. The number of benzene rings is 1. The molecule has 1 aliphatic carbocycles. The van der Waals surface area contributed by atoms with Crippen molar-refractivity contribution in [3.8, 4) is 0 Å². The highest BCUT2D eigenvalue weighted by Gasteiger charge is 2.20. The molecule has 1 aliphatic rings. The molecule has 1 aromatic carbocycles. The first-order chi connectivity index (χ1) is 10.6. The predicted octanol–water partition coefficient (Wildman–Crippen LogP) is 1.53. The fourth-order valence-electron chi connectivity index (χ4n) is 2.70. The predicted molar refractivity (Wildman–Crippen MR) is 87.5 cm³/mol. The summed E-state index contributed by atoms with van der Waals surface area (Å²) in [6.07, 6.45) is 4.67. The molecule has 0 aliphatic heterocycles. The second kappa shape index (κ2) is 7.96. The highest BCUT2D eigenvalue weighted by Crippen LogP contribution is 2.18. The number of amides is 2. The van der Waals surface area contributed by atoms with E-state index in [9.17, 15) is 4.79 Å². The highest BCUT2D eigenvalue weighted by atomic mass is 16.3. The highest BCUT2D eigenvalue weighted by molar-refractivity contribution is 5.74. The molecule has 5 nitrogen and oxygen atoms in total. The van der Waals surface area contributed by atoms with E-state index in [2.05, 4.69) is 27.7 Å². The summed E-state index contributed by atoms with van der Waals surface area (Å²) in [5.41, 5.74) is 1.17. The molecular weight excluding hydrogens is 278 g/mol. The van der Waals surface area contributed by atoms with E-state index in [1.54, 1.807) is 0 Å². The van der Waals surface area contributed by atoms with Crippen LogP contribution in [0.1, 0.15) is 18.0 Å². The van der Waals surface area contributed by atoms with Crippen molar-refractivity contribution in [2.24, 2.45) is 5.92 Å². The normalized spacial score (nSPS) is 21.8. The number of aliphatic hydroxyl groups excluding tert-OH is 1. The second-order valence-electron chi connectivity index (χ2n) is 5.91. The van der Waals surface area contributed by atoms with Crippen LogP contribution >= 0.6 is 0 Å². The average Bonchev–Trinajstić information content (AvgIpc) is 2.95. The zero-order valence-electron chi connectivity index (χ0n) is 13.2. The Morgan fingerprint density at radius 2 is 2.05 bits per heavy atom. The van der Waals surface area contributed by atoms with Crippen molar-refractivity contribution >= 4 is 6.03 Å². The SMILES string of the molecule is CN(C)C(CNC(=O)N[C@@H]1C=C[C@H](CO)C1)c1ccccc1. The average molecular weight is 303 g/mol. The van der Waals surface area contributed by atoms with Gasteiger partial charge in [-0.15, -0.1) is 0 Å². The summed E-state index contributed by atoms with van der Waals surface area (Å²) in [4.78, 5) is 14.1. The molecular formula is C17H25N3O2. The van der Waals surface area contributed by atoms with Crippen molar-refractivity contribution in [1.82, 2.24) is 15.5 Å². The van der Waals surface area contributed by atoms with Crippen LogP contribution in [0.2, 0.25) is 0 Å². The van der Waals surface area contributed by atoms with Crippen molar-refractivity contribution in [2.75, 3.05) is 27.2 Å². The minimum Gasteiger partial charge on any atom is -0.396 e. The minimum absolute atomic E-state index is 0.00619. The Morgan fingerprint density at radius 1 is 1.32 bits per heavy atom. The lowest BCUT2D eigenvalue weighted by molar-refractivity contribution is 0.225. The molecule has 0 saturated carbocycles. The zero-order valence-corrected chi connectivity index (χ0v) is 13.2. The first kappa shape index (κ1) is 16.5. The number of rotatable bonds is 6. The van der Waals surface area contributed by atoms with Gasteiger partial charge in [-0.1, -0.05) is 42.5 Å². The Labute approximate surface area is 132 Å². The van der Waals surface area contributed by atoms with Gasteiger partial charge in [0.2, 0.25) is 0 Å². The first-order valence-electron chi connectivity index (χ1n) is 7.65. The third-order valence-corrected chi connectivity index (χ3v) is 3.99. The van der Waals surface area contributed by atoms with Crippen LogP contribution in [-0.2, 0) is 0 Å². The van der Waals surface area contributed by atoms with Gasteiger partial charge in [0.05, 0.1) is 6.04 Å². The molecule has 2 amide bonds. The molecule has 2 rings (SSSR count). The fourth-order valence-corrected chi connectivity index (χ4v) is 2.70. The van der Waals surface area contributed by atoms with E-state index >= 15 is 0 Å². The molecule has 0 aromatic heterocycles. The topological polar surface area (TPSA) is 64.6 Å². The maximum atomic E-state index is 12.0. The van der Waals surface area contributed by atoms with Gasteiger partial charge in [0.1, 0.15) is 0 Å². The molecule has 120 valence electrons. The van der Waals surface area contributed by atoms with Crippen molar-refractivity contribution in [1.29, 1.82) is 0 Å². The van der Waals surface area contributed by atoms with Gasteiger partial charge in [0.15, 0.2) is 0 Å². The van der Waals surface area contributed by atoms with Crippen molar-refractivity contribution in [3.05, 3.63) is 48.0 Å². The Morgan fingerprint density at radius 3 is 2.64 bits per heavy atom. The number of likely N-dealkylation sites (N-methyl/N-ethyl adjacent to an activating group) is 1. The zero-order chi connectivity index (χ0) is 15.9.